The molecule has 0 unspecified atom stereocenters. The van der Waals surface area contributed by atoms with Crippen LogP contribution in [0.4, 0.5) is 0 Å². The van der Waals surface area contributed by atoms with Crippen molar-refractivity contribution >= 4 is 4.57 Å². The van der Waals surface area contributed by atoms with Crippen molar-refractivity contribution in [3.63, 3.8) is 0 Å². The van der Waals surface area contributed by atoms with E-state index in [-0.39, 0.29) is 0 Å². The fraction of sp³-hybridized carbons (Fsp3) is 0.333. The van der Waals surface area contributed by atoms with Crippen LogP contribution in [0.2, 0.25) is 0 Å². The molecule has 0 bridgehead atoms. The maximum absolute atomic E-state index is 7.50. The zero-order valence-corrected chi connectivity index (χ0v) is 9.84. The average molecular weight is 264 g/mol. The standard InChI is InChI=1S/C4H8O.5CO.Cr/c1-3-5-4-2;5*1-2;/h3H2,1-2H3;;;;;;. The summed E-state index contributed by atoms with van der Waals surface area (Å²) in [5, 5.41) is 0. The van der Waals surface area contributed by atoms with E-state index in [9.17, 15) is 0 Å². The molecule has 86 valence electrons. The van der Waals surface area contributed by atoms with Crippen LogP contribution in [0, 0.1) is 33.3 Å². The first-order valence-corrected chi connectivity index (χ1v) is 3.56. The molecule has 0 aromatic carbocycles. The first-order valence-electron chi connectivity index (χ1n) is 2.92. The molecule has 0 N–H and O–H groups in total. The molecule has 0 fully saturated rings. The van der Waals surface area contributed by atoms with Gasteiger partial charge < -0.3 is 0 Å². The van der Waals surface area contributed by atoms with E-state index < -0.39 is 0 Å². The normalized spacial score (nSPS) is 3.75. The fourth-order valence-electron chi connectivity index (χ4n) is 0.203. The Morgan fingerprint density at radius 2 is 1.06 bits per heavy atom. The van der Waals surface area contributed by atoms with E-state index in [2.05, 4.69) is 49.1 Å². The van der Waals surface area contributed by atoms with E-state index in [1.807, 2.05) is 13.8 Å². The molecule has 0 saturated carbocycles. The van der Waals surface area contributed by atoms with Gasteiger partial charge in [-0.25, -0.2) is 0 Å². The van der Waals surface area contributed by atoms with Crippen molar-refractivity contribution in [3.05, 3.63) is 33.3 Å². The summed E-state index contributed by atoms with van der Waals surface area (Å²) in [6, 6.07) is 0. The van der Waals surface area contributed by atoms with Crippen LogP contribution in [0.3, 0.4) is 0 Å². The second-order valence-electron chi connectivity index (χ2n) is 0.925. The number of hydrogen-bond acceptors (Lipinski definition) is 1. The van der Waals surface area contributed by atoms with Crippen molar-refractivity contribution < 1.29 is 43.8 Å². The summed E-state index contributed by atoms with van der Waals surface area (Å²) in [6.07, 6.45) is 0. The Balaban J connectivity index is -0.0000000214. The molecule has 0 heterocycles. The molecule has 0 amide bonds. The maximum atomic E-state index is 7.50. The summed E-state index contributed by atoms with van der Waals surface area (Å²) >= 11 is 2.74. The van der Waals surface area contributed by atoms with Crippen molar-refractivity contribution in [2.75, 3.05) is 6.61 Å². The SMILES string of the molecule is CCO[C](C)=[Cr].[C-]#[O+].[C-]#[O+].[C-]#[O+].[C-]#[O+].[C-]#[O+]. The number of ether oxygens (including phenoxy) is 1. The van der Waals surface area contributed by atoms with Gasteiger partial charge in [-0.15, -0.1) is 0 Å². The van der Waals surface area contributed by atoms with Crippen LogP contribution in [0.15, 0.2) is 0 Å². The summed E-state index contributed by atoms with van der Waals surface area (Å²) in [4.78, 5) is 0. The van der Waals surface area contributed by atoms with Crippen molar-refractivity contribution in [2.45, 2.75) is 13.8 Å². The van der Waals surface area contributed by atoms with E-state index in [4.69, 9.17) is 28.0 Å². The summed E-state index contributed by atoms with van der Waals surface area (Å²) in [7, 11) is 0. The second kappa shape index (κ2) is 145. The van der Waals surface area contributed by atoms with Crippen LogP contribution in [0.5, 0.6) is 0 Å². The van der Waals surface area contributed by atoms with Gasteiger partial charge >= 0.3 is 102 Å². The average Bonchev–Trinajstić information content (AvgIpc) is 2.41. The van der Waals surface area contributed by atoms with Crippen LogP contribution < -0.4 is 0 Å². The van der Waals surface area contributed by atoms with Crippen LogP contribution in [0.1, 0.15) is 13.8 Å². The Kier molecular flexibility index (Phi) is 330. The van der Waals surface area contributed by atoms with Crippen LogP contribution in [-0.2, 0) is 43.8 Å². The molecular formula is C9H8CrO6. The van der Waals surface area contributed by atoms with Gasteiger partial charge in [-0.05, 0) is 0 Å². The van der Waals surface area contributed by atoms with E-state index in [1.54, 1.807) is 0 Å². The minimum atomic E-state index is 0.763. The summed E-state index contributed by atoms with van der Waals surface area (Å²) in [5.74, 6) is 0. The molecule has 0 aromatic rings. The fourth-order valence-corrected chi connectivity index (χ4v) is 0.387. The Morgan fingerprint density at radius 1 is 0.875 bits per heavy atom. The topological polar surface area (TPSA) is 109 Å². The molecule has 0 rings (SSSR count). The molecule has 0 aliphatic rings. The molecule has 0 atom stereocenters. The van der Waals surface area contributed by atoms with Gasteiger partial charge in [0.1, 0.15) is 0 Å². The van der Waals surface area contributed by atoms with Gasteiger partial charge in [-0.1, -0.05) is 0 Å². The molecule has 0 radical (unpaired) electrons. The van der Waals surface area contributed by atoms with Gasteiger partial charge in [0, 0.05) is 0 Å². The third kappa shape index (κ3) is 447. The van der Waals surface area contributed by atoms with E-state index >= 15 is 0 Å². The zero-order valence-electron chi connectivity index (χ0n) is 8.56. The first kappa shape index (κ1) is 36.3. The van der Waals surface area contributed by atoms with Gasteiger partial charge in [-0.2, -0.15) is 0 Å². The molecule has 0 aromatic heterocycles. The van der Waals surface area contributed by atoms with Gasteiger partial charge in [-0.3, -0.25) is 0 Å². The predicted molar refractivity (Wildman–Crippen MR) is 42.0 cm³/mol. The molecule has 16 heavy (non-hydrogen) atoms. The van der Waals surface area contributed by atoms with Crippen molar-refractivity contribution in [1.29, 1.82) is 0 Å². The summed E-state index contributed by atoms with van der Waals surface area (Å²) in [6.45, 7) is 27.1. The third-order valence-corrected chi connectivity index (χ3v) is 0.532. The van der Waals surface area contributed by atoms with Crippen LogP contribution in [0.25, 0.3) is 0 Å². The van der Waals surface area contributed by atoms with Gasteiger partial charge in [0.15, 0.2) is 0 Å². The second-order valence-corrected chi connectivity index (χ2v) is 1.82. The van der Waals surface area contributed by atoms with Gasteiger partial charge in [0.2, 0.25) is 0 Å². The minimum absolute atomic E-state index is 0.763. The third-order valence-electron chi connectivity index (χ3n) is 0.348. The Labute approximate surface area is 103 Å². The van der Waals surface area contributed by atoms with Crippen molar-refractivity contribution in [3.8, 4) is 0 Å². The van der Waals surface area contributed by atoms with Crippen LogP contribution in [-0.4, -0.2) is 11.2 Å². The molecular weight excluding hydrogens is 256 g/mol. The molecule has 0 spiro atoms. The van der Waals surface area contributed by atoms with Crippen molar-refractivity contribution in [2.24, 2.45) is 0 Å². The summed E-state index contributed by atoms with van der Waals surface area (Å²) in [5.41, 5.74) is 0. The molecule has 7 heteroatoms. The Morgan fingerprint density at radius 3 is 1.06 bits per heavy atom. The molecule has 0 aliphatic carbocycles. The van der Waals surface area contributed by atoms with Gasteiger partial charge in [0.05, 0.1) is 0 Å². The first-order chi connectivity index (χ1) is 7.77. The molecule has 6 nitrogen and oxygen atoms in total. The number of hydrogen-bond donors (Lipinski definition) is 0. The van der Waals surface area contributed by atoms with Crippen molar-refractivity contribution in [1.82, 2.24) is 0 Å². The quantitative estimate of drug-likeness (QED) is 0.526. The van der Waals surface area contributed by atoms with E-state index in [0.717, 1.165) is 11.2 Å². The monoisotopic (exact) mass is 264 g/mol. The Bertz CT molecular complexity index is 165. The van der Waals surface area contributed by atoms with E-state index in [1.165, 1.54) is 0 Å². The summed E-state index contributed by atoms with van der Waals surface area (Å²) < 4.78 is 43.3. The van der Waals surface area contributed by atoms with E-state index in [0.29, 0.717) is 0 Å². The predicted octanol–water partition coefficient (Wildman–Crippen LogP) is 0.532. The Hall–Kier alpha value is -0.938. The molecule has 0 aliphatic heterocycles. The zero-order chi connectivity index (χ0) is 15.0. The molecule has 0 saturated heterocycles. The van der Waals surface area contributed by atoms with Crippen LogP contribution >= 0.6 is 0 Å². The van der Waals surface area contributed by atoms with Gasteiger partial charge in [0.25, 0.3) is 0 Å². The number of rotatable bonds is 2.